The average molecular weight is 360 g/mol. The first-order valence-electron chi connectivity index (χ1n) is 8.26. The van der Waals surface area contributed by atoms with Crippen molar-refractivity contribution in [2.24, 2.45) is 0 Å². The maximum Gasteiger partial charge on any atom is 0.416 e. The number of fused-ring (bicyclic) bond motifs is 1. The molecule has 1 aromatic carbocycles. The Morgan fingerprint density at radius 1 is 1.15 bits per heavy atom. The fourth-order valence-electron chi connectivity index (χ4n) is 2.86. The molecule has 1 aliphatic carbocycles. The fourth-order valence-corrected chi connectivity index (χ4v) is 2.86. The van der Waals surface area contributed by atoms with Gasteiger partial charge in [0.1, 0.15) is 0 Å². The molecule has 1 saturated carbocycles. The number of pyridine rings is 1. The van der Waals surface area contributed by atoms with E-state index in [-0.39, 0.29) is 5.56 Å². The van der Waals surface area contributed by atoms with Gasteiger partial charge in [-0.3, -0.25) is 4.79 Å². The van der Waals surface area contributed by atoms with Gasteiger partial charge in [-0.1, -0.05) is 6.42 Å². The van der Waals surface area contributed by atoms with Crippen LogP contribution in [0, 0.1) is 0 Å². The van der Waals surface area contributed by atoms with E-state index in [1.165, 1.54) is 0 Å². The van der Waals surface area contributed by atoms with Crippen molar-refractivity contribution < 1.29 is 18.0 Å². The van der Waals surface area contributed by atoms with Gasteiger partial charge in [-0.15, -0.1) is 0 Å². The quantitative estimate of drug-likeness (QED) is 0.759. The van der Waals surface area contributed by atoms with Crippen molar-refractivity contribution >= 4 is 17.2 Å². The topological polar surface area (TPSA) is 59.3 Å². The van der Waals surface area contributed by atoms with E-state index in [0.717, 1.165) is 49.4 Å². The summed E-state index contributed by atoms with van der Waals surface area (Å²) in [6.07, 6.45) is 0.602. The van der Waals surface area contributed by atoms with Gasteiger partial charge in [0.2, 0.25) is 0 Å². The second-order valence-electron chi connectivity index (χ2n) is 6.32. The van der Waals surface area contributed by atoms with E-state index in [4.69, 9.17) is 0 Å². The molecule has 1 aliphatic rings. The molecule has 0 unspecified atom stereocenters. The lowest BCUT2D eigenvalue weighted by atomic mass is 9.85. The number of benzene rings is 1. The Labute approximate surface area is 146 Å². The Hall–Kier alpha value is -2.90. The predicted molar refractivity (Wildman–Crippen MR) is 89.0 cm³/mol. The van der Waals surface area contributed by atoms with Crippen LogP contribution in [0.15, 0.2) is 42.6 Å². The summed E-state index contributed by atoms with van der Waals surface area (Å²) in [4.78, 5) is 16.9. The molecular formula is C18H15F3N4O. The van der Waals surface area contributed by atoms with Crippen molar-refractivity contribution in [1.29, 1.82) is 0 Å². The Bertz CT molecular complexity index is 959. The zero-order valence-electron chi connectivity index (χ0n) is 13.6. The highest BCUT2D eigenvalue weighted by atomic mass is 19.4. The Balaban J connectivity index is 1.58. The summed E-state index contributed by atoms with van der Waals surface area (Å²) in [5, 5.41) is 7.15. The number of rotatable bonds is 3. The number of nitrogens with one attached hydrogen (secondary N) is 1. The summed E-state index contributed by atoms with van der Waals surface area (Å²) in [5.74, 6) is 0.612. The van der Waals surface area contributed by atoms with E-state index in [0.29, 0.717) is 17.3 Å². The Morgan fingerprint density at radius 3 is 2.50 bits per heavy atom. The maximum atomic E-state index is 12.6. The van der Waals surface area contributed by atoms with Gasteiger partial charge in [-0.25, -0.2) is 9.50 Å². The zero-order valence-corrected chi connectivity index (χ0v) is 13.6. The third kappa shape index (κ3) is 3.02. The van der Waals surface area contributed by atoms with E-state index in [1.807, 2.05) is 0 Å². The second kappa shape index (κ2) is 6.12. The highest BCUT2D eigenvalue weighted by Gasteiger charge is 2.30. The van der Waals surface area contributed by atoms with Gasteiger partial charge in [0.15, 0.2) is 11.5 Å². The van der Waals surface area contributed by atoms with Crippen molar-refractivity contribution in [3.8, 4) is 0 Å². The molecule has 0 atom stereocenters. The molecule has 0 saturated heterocycles. The molecule has 2 aromatic heterocycles. The molecule has 4 rings (SSSR count). The number of carbonyl (C=O) groups excluding carboxylic acids is 1. The molecule has 26 heavy (non-hydrogen) atoms. The normalized spacial score (nSPS) is 15.0. The Morgan fingerprint density at radius 2 is 1.88 bits per heavy atom. The molecule has 0 aliphatic heterocycles. The van der Waals surface area contributed by atoms with Crippen LogP contribution in [0.5, 0.6) is 0 Å². The van der Waals surface area contributed by atoms with Crippen molar-refractivity contribution in [3.63, 3.8) is 0 Å². The van der Waals surface area contributed by atoms with Crippen LogP contribution >= 0.6 is 0 Å². The number of amides is 1. The third-order valence-electron chi connectivity index (χ3n) is 4.57. The monoisotopic (exact) mass is 360 g/mol. The highest BCUT2D eigenvalue weighted by Crippen LogP contribution is 2.35. The van der Waals surface area contributed by atoms with Crippen LogP contribution in [0.4, 0.5) is 18.9 Å². The number of carbonyl (C=O) groups is 1. The molecule has 5 nitrogen and oxygen atoms in total. The number of hydrogen-bond donors (Lipinski definition) is 1. The first-order chi connectivity index (χ1) is 12.4. The second-order valence-corrected chi connectivity index (χ2v) is 6.32. The van der Waals surface area contributed by atoms with Crippen LogP contribution in [0.3, 0.4) is 0 Å². The van der Waals surface area contributed by atoms with Gasteiger partial charge in [0.05, 0.1) is 11.3 Å². The molecule has 8 heteroatoms. The van der Waals surface area contributed by atoms with Gasteiger partial charge >= 0.3 is 6.18 Å². The van der Waals surface area contributed by atoms with Crippen LogP contribution in [0.1, 0.15) is 46.9 Å². The number of aromatic nitrogens is 3. The number of nitrogens with zero attached hydrogens (tertiary/aromatic N) is 3. The van der Waals surface area contributed by atoms with Crippen LogP contribution in [-0.4, -0.2) is 20.5 Å². The van der Waals surface area contributed by atoms with E-state index < -0.39 is 17.6 Å². The van der Waals surface area contributed by atoms with Gasteiger partial charge in [-0.05, 0) is 49.2 Å². The summed E-state index contributed by atoms with van der Waals surface area (Å²) < 4.78 is 39.5. The average Bonchev–Trinajstić information content (AvgIpc) is 2.97. The molecule has 0 spiro atoms. The van der Waals surface area contributed by atoms with E-state index in [1.54, 1.807) is 22.8 Å². The van der Waals surface area contributed by atoms with Gasteiger partial charge in [0.25, 0.3) is 5.91 Å². The van der Waals surface area contributed by atoms with Crippen molar-refractivity contribution in [2.45, 2.75) is 31.4 Å². The number of halogens is 3. The first kappa shape index (κ1) is 16.6. The summed E-state index contributed by atoms with van der Waals surface area (Å²) in [6, 6.07) is 7.51. The largest absolute Gasteiger partial charge is 0.416 e. The summed E-state index contributed by atoms with van der Waals surface area (Å²) in [5.41, 5.74) is 0.336. The molecule has 0 radical (unpaired) electrons. The minimum Gasteiger partial charge on any atom is -0.319 e. The summed E-state index contributed by atoms with van der Waals surface area (Å²) in [7, 11) is 0. The SMILES string of the molecule is O=C(Nc1cccn2nc(C3CCC3)nc12)c1ccc(C(F)(F)F)cc1. The fraction of sp³-hybridized carbons (Fsp3) is 0.278. The smallest absolute Gasteiger partial charge is 0.319 e. The third-order valence-corrected chi connectivity index (χ3v) is 4.57. The van der Waals surface area contributed by atoms with E-state index in [9.17, 15) is 18.0 Å². The molecule has 2 heterocycles. The van der Waals surface area contributed by atoms with Crippen LogP contribution in [0.2, 0.25) is 0 Å². The van der Waals surface area contributed by atoms with E-state index >= 15 is 0 Å². The minimum atomic E-state index is -4.43. The molecule has 3 aromatic rings. The molecule has 1 fully saturated rings. The molecule has 1 N–H and O–H groups in total. The van der Waals surface area contributed by atoms with Gasteiger partial charge in [0, 0.05) is 17.7 Å². The van der Waals surface area contributed by atoms with Crippen molar-refractivity contribution in [3.05, 3.63) is 59.5 Å². The molecular weight excluding hydrogens is 345 g/mol. The zero-order chi connectivity index (χ0) is 18.3. The number of anilines is 1. The maximum absolute atomic E-state index is 12.6. The van der Waals surface area contributed by atoms with Crippen LogP contribution < -0.4 is 5.32 Å². The van der Waals surface area contributed by atoms with Gasteiger partial charge in [-0.2, -0.15) is 18.3 Å². The summed E-state index contributed by atoms with van der Waals surface area (Å²) in [6.45, 7) is 0. The standard InChI is InChI=1S/C18H15F3N4O/c19-18(20,21)13-8-6-12(7-9-13)17(26)22-14-5-2-10-25-16(14)23-15(24-25)11-3-1-4-11/h2,5-11H,1,3-4H2,(H,22,26). The lowest BCUT2D eigenvalue weighted by Crippen LogP contribution is -2.13. The number of alkyl halides is 3. The predicted octanol–water partition coefficient (Wildman–Crippen LogP) is 4.27. The van der Waals surface area contributed by atoms with Crippen LogP contribution in [-0.2, 0) is 6.18 Å². The van der Waals surface area contributed by atoms with Gasteiger partial charge < -0.3 is 5.32 Å². The lowest BCUT2D eigenvalue weighted by molar-refractivity contribution is -0.137. The lowest BCUT2D eigenvalue weighted by Gasteiger charge is -2.21. The molecule has 1 amide bonds. The summed E-state index contributed by atoms with van der Waals surface area (Å²) >= 11 is 0. The van der Waals surface area contributed by atoms with Crippen molar-refractivity contribution in [2.75, 3.05) is 5.32 Å². The highest BCUT2D eigenvalue weighted by molar-refractivity contribution is 6.05. The molecule has 134 valence electrons. The van der Waals surface area contributed by atoms with Crippen LogP contribution in [0.25, 0.3) is 5.65 Å². The first-order valence-corrected chi connectivity index (χ1v) is 8.26. The number of hydrogen-bond acceptors (Lipinski definition) is 3. The minimum absolute atomic E-state index is 0.138. The molecule has 0 bridgehead atoms. The van der Waals surface area contributed by atoms with Crippen molar-refractivity contribution in [1.82, 2.24) is 14.6 Å². The van der Waals surface area contributed by atoms with E-state index in [2.05, 4.69) is 15.4 Å². The Kier molecular flexibility index (Phi) is 3.90.